The first-order chi connectivity index (χ1) is 13.0. The molecular formula is C20H32IN5O2. The van der Waals surface area contributed by atoms with Gasteiger partial charge in [-0.15, -0.1) is 24.0 Å². The molecule has 28 heavy (non-hydrogen) atoms. The third-order valence-corrected chi connectivity index (χ3v) is 4.37. The molecule has 7 nitrogen and oxygen atoms in total. The molecule has 1 aromatic carbocycles. The summed E-state index contributed by atoms with van der Waals surface area (Å²) in [6, 6.07) is 7.89. The third kappa shape index (κ3) is 6.88. The van der Waals surface area contributed by atoms with Crippen LogP contribution in [-0.4, -0.2) is 43.6 Å². The number of benzene rings is 1. The van der Waals surface area contributed by atoms with Crippen molar-refractivity contribution in [3.05, 3.63) is 41.2 Å². The average Bonchev–Trinajstić information content (AvgIpc) is 2.98. The molecule has 2 rings (SSSR count). The van der Waals surface area contributed by atoms with Gasteiger partial charge in [0.15, 0.2) is 5.96 Å². The van der Waals surface area contributed by atoms with E-state index in [1.54, 1.807) is 21.3 Å². The van der Waals surface area contributed by atoms with Crippen LogP contribution in [0.15, 0.2) is 29.3 Å². The van der Waals surface area contributed by atoms with Crippen LogP contribution in [-0.2, 0) is 13.1 Å². The Labute approximate surface area is 184 Å². The molecule has 1 heterocycles. The zero-order chi connectivity index (χ0) is 19.8. The molecule has 1 atom stereocenters. The van der Waals surface area contributed by atoms with E-state index in [0.29, 0.717) is 12.5 Å². The van der Waals surface area contributed by atoms with Gasteiger partial charge in [0, 0.05) is 44.0 Å². The van der Waals surface area contributed by atoms with Crippen molar-refractivity contribution in [2.75, 3.05) is 27.8 Å². The Bertz CT molecular complexity index is 776. The van der Waals surface area contributed by atoms with Crippen molar-refractivity contribution in [3.8, 4) is 11.5 Å². The van der Waals surface area contributed by atoms with Crippen molar-refractivity contribution < 1.29 is 9.47 Å². The standard InChI is InChI=1S/C20H31N5O2.HI/c1-14(13-25-16(3)9-15(2)24-25)11-22-20(21-4)23-12-17-7-8-18(26-5)10-19(17)27-6;/h7-10,14H,11-13H2,1-6H3,(H2,21,22,23);1H. The van der Waals surface area contributed by atoms with E-state index < -0.39 is 0 Å². The second-order valence-corrected chi connectivity index (χ2v) is 6.70. The highest BCUT2D eigenvalue weighted by atomic mass is 127. The van der Waals surface area contributed by atoms with E-state index in [0.717, 1.165) is 41.8 Å². The summed E-state index contributed by atoms with van der Waals surface area (Å²) in [6.07, 6.45) is 0. The molecule has 2 aromatic rings. The lowest BCUT2D eigenvalue weighted by Gasteiger charge is -2.17. The van der Waals surface area contributed by atoms with Crippen LogP contribution in [0.1, 0.15) is 23.9 Å². The van der Waals surface area contributed by atoms with Crippen molar-refractivity contribution in [1.82, 2.24) is 20.4 Å². The van der Waals surface area contributed by atoms with Crippen molar-refractivity contribution in [1.29, 1.82) is 0 Å². The Morgan fingerprint density at radius 1 is 1.18 bits per heavy atom. The first-order valence-corrected chi connectivity index (χ1v) is 9.13. The number of hydrogen-bond acceptors (Lipinski definition) is 4. The Hall–Kier alpha value is -1.97. The van der Waals surface area contributed by atoms with Gasteiger partial charge in [-0.25, -0.2) is 0 Å². The number of guanidine groups is 1. The molecule has 8 heteroatoms. The highest BCUT2D eigenvalue weighted by Gasteiger charge is 2.09. The minimum atomic E-state index is 0. The number of ether oxygens (including phenoxy) is 2. The Kier molecular flexibility index (Phi) is 10.1. The summed E-state index contributed by atoms with van der Waals surface area (Å²) in [5.41, 5.74) is 3.28. The molecule has 2 N–H and O–H groups in total. The van der Waals surface area contributed by atoms with E-state index in [4.69, 9.17) is 9.47 Å². The van der Waals surface area contributed by atoms with Crippen LogP contribution in [0.5, 0.6) is 11.5 Å². The Balaban J connectivity index is 0.00000392. The second-order valence-electron chi connectivity index (χ2n) is 6.70. The SMILES string of the molecule is CN=C(NCc1ccc(OC)cc1OC)NCC(C)Cn1nc(C)cc1C.I. The number of nitrogens with zero attached hydrogens (tertiary/aromatic N) is 3. The van der Waals surface area contributed by atoms with Crippen LogP contribution in [0.3, 0.4) is 0 Å². The maximum atomic E-state index is 5.44. The van der Waals surface area contributed by atoms with E-state index in [-0.39, 0.29) is 24.0 Å². The summed E-state index contributed by atoms with van der Waals surface area (Å²) >= 11 is 0. The van der Waals surface area contributed by atoms with Crippen LogP contribution in [0, 0.1) is 19.8 Å². The summed E-state index contributed by atoms with van der Waals surface area (Å²) in [5, 5.41) is 11.2. The van der Waals surface area contributed by atoms with Gasteiger partial charge >= 0.3 is 0 Å². The molecule has 0 saturated carbocycles. The summed E-state index contributed by atoms with van der Waals surface area (Å²) < 4.78 is 12.7. The van der Waals surface area contributed by atoms with E-state index >= 15 is 0 Å². The summed E-state index contributed by atoms with van der Waals surface area (Å²) in [4.78, 5) is 4.30. The lowest BCUT2D eigenvalue weighted by atomic mass is 10.2. The number of nitrogens with one attached hydrogen (secondary N) is 2. The largest absolute Gasteiger partial charge is 0.497 e. The predicted molar refractivity (Wildman–Crippen MR) is 124 cm³/mol. The normalized spacial score (nSPS) is 12.1. The van der Waals surface area contributed by atoms with Gasteiger partial charge in [-0.3, -0.25) is 9.67 Å². The lowest BCUT2D eigenvalue weighted by Crippen LogP contribution is -2.39. The zero-order valence-electron chi connectivity index (χ0n) is 17.6. The quantitative estimate of drug-likeness (QED) is 0.331. The predicted octanol–water partition coefficient (Wildman–Crippen LogP) is 3.14. The number of rotatable bonds is 8. The van der Waals surface area contributed by atoms with Gasteiger partial charge in [0.2, 0.25) is 0 Å². The molecule has 156 valence electrons. The average molecular weight is 501 g/mol. The zero-order valence-corrected chi connectivity index (χ0v) is 19.9. The topological polar surface area (TPSA) is 72.7 Å². The fraction of sp³-hybridized carbons (Fsp3) is 0.500. The molecule has 1 unspecified atom stereocenters. The maximum absolute atomic E-state index is 5.44. The fourth-order valence-corrected chi connectivity index (χ4v) is 2.89. The fourth-order valence-electron chi connectivity index (χ4n) is 2.89. The number of aliphatic imine (C=N–C) groups is 1. The van der Waals surface area contributed by atoms with Gasteiger partial charge in [-0.1, -0.05) is 6.92 Å². The van der Waals surface area contributed by atoms with Crippen molar-refractivity contribution >= 4 is 29.9 Å². The smallest absolute Gasteiger partial charge is 0.191 e. The van der Waals surface area contributed by atoms with Crippen molar-refractivity contribution in [2.45, 2.75) is 33.9 Å². The monoisotopic (exact) mass is 501 g/mol. The maximum Gasteiger partial charge on any atom is 0.191 e. The lowest BCUT2D eigenvalue weighted by molar-refractivity contribution is 0.390. The second kappa shape index (κ2) is 11.8. The van der Waals surface area contributed by atoms with Gasteiger partial charge in [-0.2, -0.15) is 5.10 Å². The highest BCUT2D eigenvalue weighted by molar-refractivity contribution is 14.0. The van der Waals surface area contributed by atoms with Gasteiger partial charge in [0.25, 0.3) is 0 Å². The molecule has 0 bridgehead atoms. The number of halogens is 1. The molecular weight excluding hydrogens is 469 g/mol. The minimum Gasteiger partial charge on any atom is -0.497 e. The number of hydrogen-bond donors (Lipinski definition) is 2. The number of aryl methyl sites for hydroxylation is 2. The summed E-state index contributed by atoms with van der Waals surface area (Å²) in [6.45, 7) is 8.59. The van der Waals surface area contributed by atoms with Crippen molar-refractivity contribution in [2.24, 2.45) is 10.9 Å². The molecule has 0 saturated heterocycles. The molecule has 0 spiro atoms. The molecule has 0 fully saturated rings. The van der Waals surface area contributed by atoms with Crippen LogP contribution < -0.4 is 20.1 Å². The summed E-state index contributed by atoms with van der Waals surface area (Å²) in [7, 11) is 5.07. The Morgan fingerprint density at radius 3 is 2.50 bits per heavy atom. The van der Waals surface area contributed by atoms with E-state index in [1.807, 2.05) is 25.1 Å². The first kappa shape index (κ1) is 24.1. The van der Waals surface area contributed by atoms with E-state index in [1.165, 1.54) is 5.69 Å². The first-order valence-electron chi connectivity index (χ1n) is 9.13. The molecule has 0 aliphatic carbocycles. The summed E-state index contributed by atoms with van der Waals surface area (Å²) in [5.74, 6) is 2.73. The van der Waals surface area contributed by atoms with Crippen molar-refractivity contribution in [3.63, 3.8) is 0 Å². The van der Waals surface area contributed by atoms with Gasteiger partial charge in [0.1, 0.15) is 11.5 Å². The molecule has 0 aliphatic heterocycles. The molecule has 0 aliphatic rings. The molecule has 0 amide bonds. The van der Waals surface area contributed by atoms with Crippen LogP contribution in [0.25, 0.3) is 0 Å². The van der Waals surface area contributed by atoms with Gasteiger partial charge < -0.3 is 20.1 Å². The third-order valence-electron chi connectivity index (χ3n) is 4.37. The highest BCUT2D eigenvalue weighted by Crippen LogP contribution is 2.24. The van der Waals surface area contributed by atoms with Crippen LogP contribution in [0.4, 0.5) is 0 Å². The number of aromatic nitrogens is 2. The van der Waals surface area contributed by atoms with Gasteiger partial charge in [-0.05, 0) is 38.0 Å². The number of methoxy groups -OCH3 is 2. The van der Waals surface area contributed by atoms with E-state index in [9.17, 15) is 0 Å². The van der Waals surface area contributed by atoms with Crippen LogP contribution in [0.2, 0.25) is 0 Å². The molecule has 1 aromatic heterocycles. The van der Waals surface area contributed by atoms with E-state index in [2.05, 4.69) is 45.3 Å². The van der Waals surface area contributed by atoms with Crippen LogP contribution >= 0.6 is 24.0 Å². The molecule has 0 radical (unpaired) electrons. The minimum absolute atomic E-state index is 0. The Morgan fingerprint density at radius 2 is 1.93 bits per heavy atom. The van der Waals surface area contributed by atoms with Gasteiger partial charge in [0.05, 0.1) is 19.9 Å².